The maximum atomic E-state index is 11.7. The zero-order valence-corrected chi connectivity index (χ0v) is 9.93. The van der Waals surface area contributed by atoms with E-state index in [9.17, 15) is 9.59 Å². The number of hydrogen-bond acceptors (Lipinski definition) is 4. The second-order valence-electron chi connectivity index (χ2n) is 4.53. The van der Waals surface area contributed by atoms with Crippen molar-refractivity contribution >= 4 is 11.8 Å². The van der Waals surface area contributed by atoms with Gasteiger partial charge in [0.15, 0.2) is 0 Å². The van der Waals surface area contributed by atoms with E-state index in [-0.39, 0.29) is 23.7 Å². The number of aromatic nitrogens is 2. The third-order valence-electron chi connectivity index (χ3n) is 2.86. The van der Waals surface area contributed by atoms with Gasteiger partial charge in [-0.15, -0.1) is 0 Å². The van der Waals surface area contributed by atoms with Crippen LogP contribution in [0.15, 0.2) is 12.4 Å². The molecule has 0 radical (unpaired) electrons. The Morgan fingerprint density at radius 3 is 2.76 bits per heavy atom. The van der Waals surface area contributed by atoms with Crippen LogP contribution >= 0.6 is 0 Å². The van der Waals surface area contributed by atoms with Crippen molar-refractivity contribution in [2.75, 3.05) is 0 Å². The van der Waals surface area contributed by atoms with Crippen molar-refractivity contribution in [3.63, 3.8) is 0 Å². The molecule has 0 bridgehead atoms. The normalized spacial score (nSPS) is 20.5. The fourth-order valence-corrected chi connectivity index (χ4v) is 1.82. The second kappa shape index (κ2) is 4.61. The average Bonchev–Trinajstić information content (AvgIpc) is 2.29. The van der Waals surface area contributed by atoms with Gasteiger partial charge in [0.25, 0.3) is 0 Å². The Labute approximate surface area is 99.7 Å². The maximum absolute atomic E-state index is 11.7. The minimum absolute atomic E-state index is 0.209. The second-order valence-corrected chi connectivity index (χ2v) is 4.53. The molecule has 1 saturated heterocycles. The highest BCUT2D eigenvalue weighted by Gasteiger charge is 2.29. The molecule has 1 aromatic heterocycles. The monoisotopic (exact) mass is 233 g/mol. The molecular weight excluding hydrogens is 218 g/mol. The number of imide groups is 1. The summed E-state index contributed by atoms with van der Waals surface area (Å²) in [5, 5.41) is 2.33. The molecular formula is C12H15N3O2. The molecule has 1 atom stereocenters. The van der Waals surface area contributed by atoms with E-state index in [2.05, 4.69) is 15.3 Å². The van der Waals surface area contributed by atoms with Crippen LogP contribution in [0.5, 0.6) is 0 Å². The van der Waals surface area contributed by atoms with E-state index in [4.69, 9.17) is 0 Å². The first-order chi connectivity index (χ1) is 8.08. The van der Waals surface area contributed by atoms with Crippen LogP contribution in [0, 0.1) is 0 Å². The predicted molar refractivity (Wildman–Crippen MR) is 61.2 cm³/mol. The number of nitrogens with zero attached hydrogens (tertiary/aromatic N) is 2. The highest BCUT2D eigenvalue weighted by molar-refractivity contribution is 6.00. The largest absolute Gasteiger partial charge is 0.296 e. The summed E-state index contributed by atoms with van der Waals surface area (Å²) in [4.78, 5) is 31.3. The summed E-state index contributed by atoms with van der Waals surface area (Å²) in [6.45, 7) is 4.05. The quantitative estimate of drug-likeness (QED) is 0.777. The Kier molecular flexibility index (Phi) is 3.17. The summed E-state index contributed by atoms with van der Waals surface area (Å²) >= 11 is 0. The lowest BCUT2D eigenvalue weighted by Gasteiger charge is -2.20. The lowest BCUT2D eigenvalue weighted by molar-refractivity contribution is -0.134. The van der Waals surface area contributed by atoms with E-state index < -0.39 is 0 Å². The number of amides is 2. The predicted octanol–water partition coefficient (Wildman–Crippen LogP) is 1.12. The molecule has 1 fully saturated rings. The van der Waals surface area contributed by atoms with Crippen LogP contribution in [0.3, 0.4) is 0 Å². The van der Waals surface area contributed by atoms with Gasteiger partial charge in [-0.25, -0.2) is 0 Å². The molecule has 5 nitrogen and oxygen atoms in total. The summed E-state index contributed by atoms with van der Waals surface area (Å²) in [7, 11) is 0. The lowest BCUT2D eigenvalue weighted by atomic mass is 9.95. The lowest BCUT2D eigenvalue weighted by Crippen LogP contribution is -2.39. The molecule has 2 rings (SSSR count). The molecule has 2 amide bonds. The molecule has 90 valence electrons. The van der Waals surface area contributed by atoms with Crippen molar-refractivity contribution < 1.29 is 9.59 Å². The van der Waals surface area contributed by atoms with E-state index in [1.54, 1.807) is 12.4 Å². The van der Waals surface area contributed by atoms with Crippen molar-refractivity contribution in [2.24, 2.45) is 0 Å². The average molecular weight is 233 g/mol. The Morgan fingerprint density at radius 1 is 1.35 bits per heavy atom. The molecule has 17 heavy (non-hydrogen) atoms. The van der Waals surface area contributed by atoms with Gasteiger partial charge < -0.3 is 0 Å². The van der Waals surface area contributed by atoms with Gasteiger partial charge in [-0.2, -0.15) is 0 Å². The molecule has 5 heteroatoms. The van der Waals surface area contributed by atoms with Gasteiger partial charge in [0.1, 0.15) is 0 Å². The van der Waals surface area contributed by atoms with Crippen molar-refractivity contribution in [2.45, 2.75) is 38.5 Å². The van der Waals surface area contributed by atoms with Gasteiger partial charge in [-0.05, 0) is 12.3 Å². The highest BCUT2D eigenvalue weighted by atomic mass is 16.2. The van der Waals surface area contributed by atoms with Gasteiger partial charge in [-0.3, -0.25) is 24.9 Å². The third kappa shape index (κ3) is 2.49. The number of carbonyl (C=O) groups is 2. The van der Waals surface area contributed by atoms with Crippen LogP contribution in [0.25, 0.3) is 0 Å². The van der Waals surface area contributed by atoms with E-state index in [1.165, 1.54) is 0 Å². The molecule has 0 aliphatic carbocycles. The third-order valence-corrected chi connectivity index (χ3v) is 2.86. The molecule has 1 aromatic rings. The summed E-state index contributed by atoms with van der Waals surface area (Å²) in [6, 6.07) is 0. The summed E-state index contributed by atoms with van der Waals surface area (Å²) in [5.74, 6) is -0.551. The number of nitrogens with one attached hydrogen (secondary N) is 1. The van der Waals surface area contributed by atoms with Gasteiger partial charge in [-0.1, -0.05) is 13.8 Å². The van der Waals surface area contributed by atoms with Crippen LogP contribution in [0.1, 0.15) is 49.9 Å². The number of hydrogen-bond donors (Lipinski definition) is 1. The van der Waals surface area contributed by atoms with Crippen molar-refractivity contribution in [3.8, 4) is 0 Å². The fraction of sp³-hybridized carbons (Fsp3) is 0.500. The maximum Gasteiger partial charge on any atom is 0.235 e. The van der Waals surface area contributed by atoms with Crippen LogP contribution in [0.4, 0.5) is 0 Å². The SMILES string of the molecule is CC(C)c1cncc(C2CCC(=O)NC2=O)n1. The van der Waals surface area contributed by atoms with Gasteiger partial charge >= 0.3 is 0 Å². The van der Waals surface area contributed by atoms with Crippen LogP contribution in [-0.4, -0.2) is 21.8 Å². The standard InChI is InChI=1S/C12H15N3O2/c1-7(2)9-5-13-6-10(14-9)8-3-4-11(16)15-12(8)17/h5-8H,3-4H2,1-2H3,(H,15,16,17). The Balaban J connectivity index is 2.25. The molecule has 2 heterocycles. The first-order valence-corrected chi connectivity index (χ1v) is 5.73. The fourth-order valence-electron chi connectivity index (χ4n) is 1.82. The topological polar surface area (TPSA) is 72.0 Å². The van der Waals surface area contributed by atoms with E-state index in [0.29, 0.717) is 18.5 Å². The van der Waals surface area contributed by atoms with Crippen LogP contribution in [0.2, 0.25) is 0 Å². The molecule has 0 spiro atoms. The minimum atomic E-state index is -0.348. The number of piperidine rings is 1. The number of rotatable bonds is 2. The van der Waals surface area contributed by atoms with Crippen molar-refractivity contribution in [1.82, 2.24) is 15.3 Å². The van der Waals surface area contributed by atoms with E-state index >= 15 is 0 Å². The molecule has 1 aliphatic heterocycles. The summed E-state index contributed by atoms with van der Waals surface area (Å²) in [6.07, 6.45) is 4.19. The van der Waals surface area contributed by atoms with Gasteiger partial charge in [0.05, 0.1) is 17.3 Å². The van der Waals surface area contributed by atoms with E-state index in [1.807, 2.05) is 13.8 Å². The molecule has 1 aliphatic rings. The van der Waals surface area contributed by atoms with Gasteiger partial charge in [0.2, 0.25) is 11.8 Å². The first kappa shape index (κ1) is 11.7. The van der Waals surface area contributed by atoms with Crippen LogP contribution in [-0.2, 0) is 9.59 Å². The minimum Gasteiger partial charge on any atom is -0.296 e. The zero-order valence-electron chi connectivity index (χ0n) is 9.93. The van der Waals surface area contributed by atoms with Gasteiger partial charge in [0, 0.05) is 18.8 Å². The zero-order chi connectivity index (χ0) is 12.4. The highest BCUT2D eigenvalue weighted by Crippen LogP contribution is 2.23. The van der Waals surface area contributed by atoms with Crippen molar-refractivity contribution in [3.05, 3.63) is 23.8 Å². The Bertz CT molecular complexity index is 457. The molecule has 1 N–H and O–H groups in total. The molecule has 1 unspecified atom stereocenters. The first-order valence-electron chi connectivity index (χ1n) is 5.73. The molecule has 0 saturated carbocycles. The molecule has 0 aromatic carbocycles. The smallest absolute Gasteiger partial charge is 0.235 e. The van der Waals surface area contributed by atoms with Crippen molar-refractivity contribution in [1.29, 1.82) is 0 Å². The van der Waals surface area contributed by atoms with Crippen LogP contribution < -0.4 is 5.32 Å². The Morgan fingerprint density at radius 2 is 2.12 bits per heavy atom. The summed E-state index contributed by atoms with van der Waals surface area (Å²) in [5.41, 5.74) is 1.52. The summed E-state index contributed by atoms with van der Waals surface area (Å²) < 4.78 is 0. The Hall–Kier alpha value is -1.78. The van der Waals surface area contributed by atoms with E-state index in [0.717, 1.165) is 5.69 Å². The number of carbonyl (C=O) groups excluding carboxylic acids is 2.